The zero-order valence-corrected chi connectivity index (χ0v) is 13.8. The highest BCUT2D eigenvalue weighted by Gasteiger charge is 2.20. The lowest BCUT2D eigenvalue weighted by molar-refractivity contribution is 0.0925. The molecule has 5 nitrogen and oxygen atoms in total. The quantitative estimate of drug-likeness (QED) is 0.867. The molecule has 3 rings (SSSR count). The van der Waals surface area contributed by atoms with Crippen molar-refractivity contribution in [1.82, 2.24) is 15.1 Å². The van der Waals surface area contributed by atoms with Gasteiger partial charge in [-0.1, -0.05) is 37.3 Å². The summed E-state index contributed by atoms with van der Waals surface area (Å²) in [7, 11) is 1.76. The minimum absolute atomic E-state index is 0.00477. The monoisotopic (exact) mass is 313 g/mol. The molecule has 0 spiro atoms. The first-order chi connectivity index (χ1) is 11.1. The first kappa shape index (κ1) is 15.7. The zero-order valence-electron chi connectivity index (χ0n) is 13.8. The molecule has 0 bridgehead atoms. The summed E-state index contributed by atoms with van der Waals surface area (Å²) >= 11 is 0. The molecular formula is C18H23N3O2. The number of carbonyl (C=O) groups excluding carboxylic acids is 1. The van der Waals surface area contributed by atoms with Gasteiger partial charge in [-0.2, -0.15) is 5.10 Å². The molecule has 122 valence electrons. The van der Waals surface area contributed by atoms with Crippen LogP contribution >= 0.6 is 0 Å². The predicted octanol–water partition coefficient (Wildman–Crippen LogP) is 2.69. The van der Waals surface area contributed by atoms with Crippen molar-refractivity contribution in [2.45, 2.75) is 51.5 Å². The molecule has 2 aromatic rings. The number of rotatable bonds is 2. The van der Waals surface area contributed by atoms with Crippen LogP contribution in [0.2, 0.25) is 0 Å². The summed E-state index contributed by atoms with van der Waals surface area (Å²) in [4.78, 5) is 25.2. The van der Waals surface area contributed by atoms with E-state index in [4.69, 9.17) is 0 Å². The van der Waals surface area contributed by atoms with Crippen LogP contribution in [0.1, 0.15) is 54.6 Å². The molecule has 1 aromatic carbocycles. The second-order valence-corrected chi connectivity index (χ2v) is 6.48. The molecule has 5 heteroatoms. The molecule has 0 aliphatic heterocycles. The predicted molar refractivity (Wildman–Crippen MR) is 90.7 cm³/mol. The van der Waals surface area contributed by atoms with E-state index in [9.17, 15) is 9.59 Å². The van der Waals surface area contributed by atoms with Crippen LogP contribution in [0.3, 0.4) is 0 Å². The van der Waals surface area contributed by atoms with Crippen molar-refractivity contribution in [2.24, 2.45) is 7.05 Å². The van der Waals surface area contributed by atoms with Crippen molar-refractivity contribution in [3.05, 3.63) is 39.7 Å². The highest BCUT2D eigenvalue weighted by atomic mass is 16.2. The van der Waals surface area contributed by atoms with Crippen molar-refractivity contribution < 1.29 is 4.79 Å². The molecule has 0 unspecified atom stereocenters. The second-order valence-electron chi connectivity index (χ2n) is 6.48. The number of aromatic nitrogens is 2. The fourth-order valence-corrected chi connectivity index (χ4v) is 3.32. The highest BCUT2D eigenvalue weighted by molar-refractivity contribution is 5.95. The number of hydrogen-bond acceptors (Lipinski definition) is 3. The van der Waals surface area contributed by atoms with Crippen LogP contribution in [-0.4, -0.2) is 21.7 Å². The lowest BCUT2D eigenvalue weighted by Gasteiger charge is -2.16. The average Bonchev–Trinajstić information content (AvgIpc) is 2.79. The van der Waals surface area contributed by atoms with Crippen LogP contribution in [0, 0.1) is 6.92 Å². The van der Waals surface area contributed by atoms with E-state index in [-0.39, 0.29) is 23.1 Å². The van der Waals surface area contributed by atoms with E-state index >= 15 is 0 Å². The summed E-state index contributed by atoms with van der Waals surface area (Å²) in [6, 6.07) is 5.78. The number of hydrogen-bond donors (Lipinski definition) is 1. The van der Waals surface area contributed by atoms with Crippen molar-refractivity contribution in [3.63, 3.8) is 0 Å². The Hall–Kier alpha value is -2.17. The van der Waals surface area contributed by atoms with Crippen molar-refractivity contribution in [1.29, 1.82) is 0 Å². The van der Waals surface area contributed by atoms with Gasteiger partial charge < -0.3 is 5.32 Å². The van der Waals surface area contributed by atoms with Gasteiger partial charge in [0.05, 0.1) is 10.9 Å². The van der Waals surface area contributed by atoms with E-state index in [0.717, 1.165) is 36.8 Å². The van der Waals surface area contributed by atoms with Gasteiger partial charge >= 0.3 is 0 Å². The number of fused-ring (bicyclic) bond motifs is 1. The Morgan fingerprint density at radius 3 is 2.61 bits per heavy atom. The van der Waals surface area contributed by atoms with Gasteiger partial charge in [-0.15, -0.1) is 0 Å². The number of amides is 1. The molecule has 1 fully saturated rings. The van der Waals surface area contributed by atoms with E-state index in [1.54, 1.807) is 11.7 Å². The maximum Gasteiger partial charge on any atom is 0.276 e. The van der Waals surface area contributed by atoms with Crippen LogP contribution in [-0.2, 0) is 7.05 Å². The van der Waals surface area contributed by atoms with Gasteiger partial charge in [0.2, 0.25) is 5.43 Å². The van der Waals surface area contributed by atoms with Crippen LogP contribution in [0.5, 0.6) is 0 Å². The molecule has 1 aromatic heterocycles. The van der Waals surface area contributed by atoms with Gasteiger partial charge in [0, 0.05) is 13.1 Å². The summed E-state index contributed by atoms with van der Waals surface area (Å²) in [5.41, 5.74) is 1.45. The fraction of sp³-hybridized carbons (Fsp3) is 0.500. The zero-order chi connectivity index (χ0) is 16.4. The summed E-state index contributed by atoms with van der Waals surface area (Å²) in [6.45, 7) is 1.94. The van der Waals surface area contributed by atoms with E-state index in [0.29, 0.717) is 5.39 Å². The molecule has 1 amide bonds. The topological polar surface area (TPSA) is 64.0 Å². The fourth-order valence-electron chi connectivity index (χ4n) is 3.32. The minimum Gasteiger partial charge on any atom is -0.348 e. The van der Waals surface area contributed by atoms with Crippen molar-refractivity contribution in [2.75, 3.05) is 0 Å². The number of nitrogens with one attached hydrogen (secondary N) is 1. The first-order valence-corrected chi connectivity index (χ1v) is 8.35. The average molecular weight is 313 g/mol. The SMILES string of the molecule is Cc1ccc2c(c1)c(=O)c(C(=O)NC1CCCCCC1)nn2C. The number of aryl methyl sites for hydroxylation is 2. The molecular weight excluding hydrogens is 290 g/mol. The molecule has 1 heterocycles. The Balaban J connectivity index is 1.94. The largest absolute Gasteiger partial charge is 0.348 e. The molecule has 23 heavy (non-hydrogen) atoms. The Labute approximate surface area is 135 Å². The molecule has 1 aliphatic carbocycles. The van der Waals surface area contributed by atoms with Gasteiger partial charge in [0.15, 0.2) is 5.69 Å². The minimum atomic E-state index is -0.346. The Bertz CT molecular complexity index is 787. The third kappa shape index (κ3) is 3.28. The Morgan fingerprint density at radius 1 is 1.22 bits per heavy atom. The Kier molecular flexibility index (Phi) is 4.46. The molecule has 1 N–H and O–H groups in total. The van der Waals surface area contributed by atoms with Crippen LogP contribution in [0.25, 0.3) is 10.9 Å². The number of nitrogens with zero attached hydrogens (tertiary/aromatic N) is 2. The smallest absolute Gasteiger partial charge is 0.276 e. The highest BCUT2D eigenvalue weighted by Crippen LogP contribution is 2.17. The van der Waals surface area contributed by atoms with Crippen LogP contribution in [0.4, 0.5) is 0 Å². The van der Waals surface area contributed by atoms with Gasteiger partial charge in [-0.3, -0.25) is 14.3 Å². The van der Waals surface area contributed by atoms with E-state index in [1.807, 2.05) is 25.1 Å². The second kappa shape index (κ2) is 6.52. The molecule has 1 aliphatic rings. The summed E-state index contributed by atoms with van der Waals surface area (Å²) in [6.07, 6.45) is 6.68. The Morgan fingerprint density at radius 2 is 1.91 bits per heavy atom. The van der Waals surface area contributed by atoms with Crippen molar-refractivity contribution >= 4 is 16.8 Å². The molecule has 0 atom stereocenters. The normalized spacial score (nSPS) is 16.3. The molecule has 1 saturated carbocycles. The maximum atomic E-state index is 12.6. The molecule has 0 radical (unpaired) electrons. The summed E-state index contributed by atoms with van der Waals surface area (Å²) in [5.74, 6) is -0.346. The van der Waals surface area contributed by atoms with Gasteiger partial charge in [0.25, 0.3) is 5.91 Å². The lowest BCUT2D eigenvalue weighted by atomic mass is 10.1. The van der Waals surface area contributed by atoms with Gasteiger partial charge in [-0.05, 0) is 31.9 Å². The third-order valence-corrected chi connectivity index (χ3v) is 4.62. The number of carbonyl (C=O) groups is 1. The molecule has 0 saturated heterocycles. The van der Waals surface area contributed by atoms with Crippen molar-refractivity contribution in [3.8, 4) is 0 Å². The lowest BCUT2D eigenvalue weighted by Crippen LogP contribution is -2.38. The van der Waals surface area contributed by atoms with E-state index < -0.39 is 0 Å². The van der Waals surface area contributed by atoms with Crippen LogP contribution < -0.4 is 10.7 Å². The standard InChI is InChI=1S/C18H23N3O2/c1-12-9-10-15-14(11-12)17(22)16(20-21(15)2)18(23)19-13-7-5-3-4-6-8-13/h9-11,13H,3-8H2,1-2H3,(H,19,23). The third-order valence-electron chi connectivity index (χ3n) is 4.62. The van der Waals surface area contributed by atoms with E-state index in [1.165, 1.54) is 12.8 Å². The van der Waals surface area contributed by atoms with Crippen LogP contribution in [0.15, 0.2) is 23.0 Å². The van der Waals surface area contributed by atoms with E-state index in [2.05, 4.69) is 10.4 Å². The first-order valence-electron chi connectivity index (χ1n) is 8.35. The maximum absolute atomic E-state index is 12.6. The van der Waals surface area contributed by atoms with Gasteiger partial charge in [-0.25, -0.2) is 0 Å². The summed E-state index contributed by atoms with van der Waals surface area (Å²) < 4.78 is 1.61. The van der Waals surface area contributed by atoms with Gasteiger partial charge in [0.1, 0.15) is 0 Å². The number of benzene rings is 1. The summed E-state index contributed by atoms with van der Waals surface area (Å²) in [5, 5.41) is 7.77.